The van der Waals surface area contributed by atoms with E-state index in [2.05, 4.69) is 5.10 Å². The molecule has 1 atom stereocenters. The molecule has 1 aromatic heterocycles. The Hall–Kier alpha value is -1.78. The summed E-state index contributed by atoms with van der Waals surface area (Å²) in [5.74, 6) is -1.51. The number of anilines is 1. The third-order valence-electron chi connectivity index (χ3n) is 3.56. The molecule has 1 aliphatic heterocycles. The fourth-order valence-electron chi connectivity index (χ4n) is 2.82. The van der Waals surface area contributed by atoms with Crippen molar-refractivity contribution in [3.8, 4) is 0 Å². The van der Waals surface area contributed by atoms with E-state index in [9.17, 15) is 31.5 Å². The molecule has 0 amide bonds. The fourth-order valence-corrected chi connectivity index (χ4v) is 3.95. The van der Waals surface area contributed by atoms with E-state index in [0.717, 1.165) is 6.26 Å². The van der Waals surface area contributed by atoms with Crippen molar-refractivity contribution in [2.75, 3.05) is 17.7 Å². The minimum atomic E-state index is -4.61. The zero-order valence-corrected chi connectivity index (χ0v) is 13.3. The van der Waals surface area contributed by atoms with E-state index in [1.54, 1.807) is 0 Å². The summed E-state index contributed by atoms with van der Waals surface area (Å²) in [4.78, 5) is 12.1. The number of hydrogen-bond acceptors (Lipinski definition) is 5. The van der Waals surface area contributed by atoms with Crippen LogP contribution in [-0.4, -0.2) is 54.3 Å². The number of carbonyl (C=O) groups is 1. The van der Waals surface area contributed by atoms with Gasteiger partial charge in [-0.2, -0.15) is 18.3 Å². The highest BCUT2D eigenvalue weighted by Gasteiger charge is 2.39. The number of rotatable bonds is 4. The van der Waals surface area contributed by atoms with Gasteiger partial charge in [-0.05, 0) is 19.8 Å². The third-order valence-corrected chi connectivity index (χ3v) is 4.78. The Balaban J connectivity index is 2.65. The Kier molecular flexibility index (Phi) is 4.35. The molecule has 7 nitrogen and oxygen atoms in total. The molecule has 1 aliphatic rings. The van der Waals surface area contributed by atoms with Gasteiger partial charge < -0.3 is 10.0 Å². The summed E-state index contributed by atoms with van der Waals surface area (Å²) >= 11 is 0. The SMILES string of the molecule is Cc1nn(CC(F)(F)F)c(N2CCCC2C(=O)O)c1S(C)(=O)=O. The maximum Gasteiger partial charge on any atom is 0.408 e. The van der Waals surface area contributed by atoms with Crippen LogP contribution in [0.2, 0.25) is 0 Å². The number of carboxylic acids is 1. The molecule has 0 aliphatic carbocycles. The molecule has 1 fully saturated rings. The van der Waals surface area contributed by atoms with Gasteiger partial charge in [-0.1, -0.05) is 0 Å². The molecule has 0 saturated carbocycles. The number of aryl methyl sites for hydroxylation is 1. The van der Waals surface area contributed by atoms with Gasteiger partial charge in [0.25, 0.3) is 0 Å². The van der Waals surface area contributed by atoms with Gasteiger partial charge in [-0.25, -0.2) is 17.9 Å². The van der Waals surface area contributed by atoms with E-state index < -0.39 is 34.6 Å². The number of carboxylic acid groups (broad SMARTS) is 1. The molecule has 1 N–H and O–H groups in total. The fraction of sp³-hybridized carbons (Fsp3) is 0.667. The smallest absolute Gasteiger partial charge is 0.408 e. The third kappa shape index (κ3) is 3.59. The van der Waals surface area contributed by atoms with Crippen LogP contribution in [0.5, 0.6) is 0 Å². The number of alkyl halides is 3. The average molecular weight is 355 g/mol. The van der Waals surface area contributed by atoms with Crippen LogP contribution in [0.25, 0.3) is 0 Å². The highest BCUT2D eigenvalue weighted by atomic mass is 32.2. The molecule has 0 radical (unpaired) electrons. The Morgan fingerprint density at radius 3 is 2.52 bits per heavy atom. The van der Waals surface area contributed by atoms with Crippen molar-refractivity contribution in [1.82, 2.24) is 9.78 Å². The lowest BCUT2D eigenvalue weighted by atomic mass is 10.2. The van der Waals surface area contributed by atoms with E-state index in [1.807, 2.05) is 0 Å². The zero-order valence-electron chi connectivity index (χ0n) is 12.5. The molecule has 1 unspecified atom stereocenters. The zero-order chi connectivity index (χ0) is 17.6. The first-order valence-electron chi connectivity index (χ1n) is 6.75. The number of halogens is 3. The number of aliphatic carboxylic acids is 1. The lowest BCUT2D eigenvalue weighted by molar-refractivity contribution is -0.142. The second-order valence-electron chi connectivity index (χ2n) is 5.47. The van der Waals surface area contributed by atoms with Gasteiger partial charge in [0, 0.05) is 12.8 Å². The van der Waals surface area contributed by atoms with Gasteiger partial charge in [0.2, 0.25) is 0 Å². The summed E-state index contributed by atoms with van der Waals surface area (Å²) in [5.41, 5.74) is -0.0808. The summed E-state index contributed by atoms with van der Waals surface area (Å²) in [7, 11) is -3.87. The summed E-state index contributed by atoms with van der Waals surface area (Å²) in [6, 6.07) is -1.07. The Bertz CT molecular complexity index is 727. The van der Waals surface area contributed by atoms with Crippen molar-refractivity contribution in [3.63, 3.8) is 0 Å². The number of nitrogens with zero attached hydrogens (tertiary/aromatic N) is 3. The lowest BCUT2D eigenvalue weighted by Gasteiger charge is -2.25. The molecule has 130 valence electrons. The molecular weight excluding hydrogens is 339 g/mol. The monoisotopic (exact) mass is 355 g/mol. The first kappa shape index (κ1) is 17.6. The van der Waals surface area contributed by atoms with E-state index in [0.29, 0.717) is 11.1 Å². The van der Waals surface area contributed by atoms with Crippen molar-refractivity contribution in [1.29, 1.82) is 0 Å². The quantitative estimate of drug-likeness (QED) is 0.873. The summed E-state index contributed by atoms with van der Waals surface area (Å²) in [6.45, 7) is -0.0391. The molecule has 0 aromatic carbocycles. The topological polar surface area (TPSA) is 92.5 Å². The molecule has 0 spiro atoms. The van der Waals surface area contributed by atoms with Crippen molar-refractivity contribution in [2.45, 2.75) is 43.4 Å². The lowest BCUT2D eigenvalue weighted by Crippen LogP contribution is -2.38. The summed E-state index contributed by atoms with van der Waals surface area (Å²) in [6.07, 6.45) is -3.07. The second-order valence-corrected chi connectivity index (χ2v) is 7.43. The molecular formula is C12H16F3N3O4S. The summed E-state index contributed by atoms with van der Waals surface area (Å²) in [5, 5.41) is 12.9. The Labute approximate surface area is 130 Å². The van der Waals surface area contributed by atoms with Crippen molar-refractivity contribution in [3.05, 3.63) is 5.69 Å². The predicted molar refractivity (Wildman–Crippen MR) is 74.1 cm³/mol. The largest absolute Gasteiger partial charge is 0.480 e. The van der Waals surface area contributed by atoms with Gasteiger partial charge in [0.1, 0.15) is 23.3 Å². The van der Waals surface area contributed by atoms with E-state index in [-0.39, 0.29) is 29.4 Å². The molecule has 23 heavy (non-hydrogen) atoms. The maximum absolute atomic E-state index is 12.8. The number of aromatic nitrogens is 2. The van der Waals surface area contributed by atoms with Gasteiger partial charge in [-0.15, -0.1) is 0 Å². The number of hydrogen-bond donors (Lipinski definition) is 1. The van der Waals surface area contributed by atoms with Crippen LogP contribution in [0, 0.1) is 6.92 Å². The molecule has 0 bridgehead atoms. The van der Waals surface area contributed by atoms with Gasteiger partial charge in [0.05, 0.1) is 5.69 Å². The normalized spacial score (nSPS) is 19.3. The van der Waals surface area contributed by atoms with E-state index in [4.69, 9.17) is 0 Å². The van der Waals surface area contributed by atoms with Crippen LogP contribution in [0.3, 0.4) is 0 Å². The second kappa shape index (κ2) is 5.69. The Morgan fingerprint density at radius 1 is 1.43 bits per heavy atom. The van der Waals surface area contributed by atoms with Gasteiger partial charge >= 0.3 is 12.1 Å². The molecule has 1 aromatic rings. The van der Waals surface area contributed by atoms with Gasteiger partial charge in [0.15, 0.2) is 9.84 Å². The van der Waals surface area contributed by atoms with Crippen LogP contribution in [0.15, 0.2) is 4.90 Å². The van der Waals surface area contributed by atoms with Crippen molar-refractivity contribution >= 4 is 21.6 Å². The summed E-state index contributed by atoms with van der Waals surface area (Å²) < 4.78 is 62.8. The first-order chi connectivity index (χ1) is 10.4. The molecule has 2 rings (SSSR count). The van der Waals surface area contributed by atoms with Gasteiger partial charge in [-0.3, -0.25) is 0 Å². The van der Waals surface area contributed by atoms with E-state index in [1.165, 1.54) is 11.8 Å². The first-order valence-corrected chi connectivity index (χ1v) is 8.64. The predicted octanol–water partition coefficient (Wildman–Crippen LogP) is 1.21. The standard InChI is InChI=1S/C12H16F3N3O4S/c1-7-9(23(2,21)22)10(18(16-7)6-12(13,14)15)17-5-3-4-8(17)11(19)20/h8H,3-6H2,1-2H3,(H,19,20). The van der Waals surface area contributed by atoms with Crippen LogP contribution >= 0.6 is 0 Å². The highest BCUT2D eigenvalue weighted by Crippen LogP contribution is 2.35. The molecule has 2 heterocycles. The minimum absolute atomic E-state index is 0.0808. The van der Waals surface area contributed by atoms with Crippen LogP contribution in [-0.2, 0) is 21.2 Å². The highest BCUT2D eigenvalue weighted by molar-refractivity contribution is 7.91. The van der Waals surface area contributed by atoms with E-state index >= 15 is 0 Å². The van der Waals surface area contributed by atoms with Crippen LogP contribution in [0.1, 0.15) is 18.5 Å². The van der Waals surface area contributed by atoms with Crippen LogP contribution < -0.4 is 4.90 Å². The maximum atomic E-state index is 12.8. The molecule has 1 saturated heterocycles. The van der Waals surface area contributed by atoms with Crippen molar-refractivity contribution in [2.24, 2.45) is 0 Å². The average Bonchev–Trinajstić information content (AvgIpc) is 2.89. The van der Waals surface area contributed by atoms with Crippen LogP contribution in [0.4, 0.5) is 19.0 Å². The minimum Gasteiger partial charge on any atom is -0.480 e. The number of sulfone groups is 1. The van der Waals surface area contributed by atoms with Crippen molar-refractivity contribution < 1.29 is 31.5 Å². The Morgan fingerprint density at radius 2 is 2.04 bits per heavy atom. The molecule has 11 heteroatoms.